The Balaban J connectivity index is 2.13. The molecule has 2 aromatic carbocycles. The van der Waals surface area contributed by atoms with Crippen LogP contribution in [0.3, 0.4) is 0 Å². The van der Waals surface area contributed by atoms with Gasteiger partial charge in [-0.25, -0.2) is 4.90 Å². The van der Waals surface area contributed by atoms with Crippen LogP contribution in [0.15, 0.2) is 42.5 Å². The molecule has 134 valence electrons. The molecule has 0 radical (unpaired) electrons. The highest BCUT2D eigenvalue weighted by Gasteiger charge is 2.34. The van der Waals surface area contributed by atoms with Crippen molar-refractivity contribution in [1.82, 2.24) is 4.90 Å². The minimum Gasteiger partial charge on any atom is -0.497 e. The third kappa shape index (κ3) is 2.99. The van der Waals surface area contributed by atoms with Gasteiger partial charge in [-0.3, -0.25) is 14.4 Å². The van der Waals surface area contributed by atoms with Crippen LogP contribution in [0.5, 0.6) is 11.5 Å². The molecule has 0 spiro atoms. The fourth-order valence-corrected chi connectivity index (χ4v) is 2.82. The Morgan fingerprint density at radius 1 is 1.00 bits per heavy atom. The first-order valence-corrected chi connectivity index (χ1v) is 7.91. The molecule has 3 rings (SSSR count). The van der Waals surface area contributed by atoms with Gasteiger partial charge in [0.25, 0.3) is 17.7 Å². The van der Waals surface area contributed by atoms with E-state index < -0.39 is 11.8 Å². The molecule has 0 N–H and O–H groups in total. The minimum absolute atomic E-state index is 0.194. The number of methoxy groups -OCH3 is 2. The number of carbonyl (C=O) groups is 3. The first-order valence-electron chi connectivity index (χ1n) is 7.91. The van der Waals surface area contributed by atoms with E-state index in [1.165, 1.54) is 38.3 Å². The van der Waals surface area contributed by atoms with Gasteiger partial charge in [-0.2, -0.15) is 0 Å². The third-order valence-corrected chi connectivity index (χ3v) is 4.15. The highest BCUT2D eigenvalue weighted by atomic mass is 16.5. The summed E-state index contributed by atoms with van der Waals surface area (Å²) in [4.78, 5) is 40.7. The normalized spacial score (nSPS) is 14.0. The molecular formula is C19H18N2O5. The summed E-state index contributed by atoms with van der Waals surface area (Å²) in [5, 5.41) is 0. The van der Waals surface area contributed by atoms with Crippen molar-refractivity contribution in [3.63, 3.8) is 0 Å². The molecule has 0 aliphatic carbocycles. The lowest BCUT2D eigenvalue weighted by atomic mass is 10.1. The maximum atomic E-state index is 13.1. The molecule has 0 atom stereocenters. The van der Waals surface area contributed by atoms with Gasteiger partial charge in [0.15, 0.2) is 0 Å². The molecule has 0 fully saturated rings. The average Bonchev–Trinajstić information content (AvgIpc) is 2.75. The molecular weight excluding hydrogens is 336 g/mol. The Bertz CT molecular complexity index is 871. The molecule has 1 heterocycles. The van der Waals surface area contributed by atoms with Gasteiger partial charge in [-0.1, -0.05) is 12.1 Å². The van der Waals surface area contributed by atoms with Crippen LogP contribution in [0.2, 0.25) is 0 Å². The molecule has 1 aliphatic rings. The number of benzene rings is 2. The molecule has 3 amide bonds. The lowest BCUT2D eigenvalue weighted by Crippen LogP contribution is -2.41. The average molecular weight is 354 g/mol. The number of nitrogens with zero attached hydrogens (tertiary/aromatic N) is 2. The molecule has 0 aromatic heterocycles. The topological polar surface area (TPSA) is 76.2 Å². The maximum Gasteiger partial charge on any atom is 0.265 e. The van der Waals surface area contributed by atoms with E-state index in [4.69, 9.17) is 9.47 Å². The van der Waals surface area contributed by atoms with Gasteiger partial charge in [0.1, 0.15) is 18.0 Å². The predicted molar refractivity (Wildman–Crippen MR) is 94.8 cm³/mol. The number of ether oxygens (including phenoxy) is 2. The van der Waals surface area contributed by atoms with Crippen LogP contribution in [-0.4, -0.2) is 50.4 Å². The molecule has 7 heteroatoms. The molecule has 0 saturated heterocycles. The highest BCUT2D eigenvalue weighted by Crippen LogP contribution is 2.29. The van der Waals surface area contributed by atoms with Crippen molar-refractivity contribution >= 4 is 23.4 Å². The van der Waals surface area contributed by atoms with Gasteiger partial charge in [-0.05, 0) is 24.3 Å². The smallest absolute Gasteiger partial charge is 0.265 e. The number of rotatable bonds is 3. The largest absolute Gasteiger partial charge is 0.497 e. The van der Waals surface area contributed by atoms with Crippen molar-refractivity contribution in [2.75, 3.05) is 32.7 Å². The molecule has 1 aliphatic heterocycles. The number of hydrogen-bond acceptors (Lipinski definition) is 5. The van der Waals surface area contributed by atoms with Crippen molar-refractivity contribution in [1.29, 1.82) is 0 Å². The standard InChI is InChI=1S/C19H18N2O5/c1-20-11-17(22)21(16-7-5-4-6-15(16)19(20)24)18(23)12-8-13(25-2)10-14(9-12)26-3/h4-10H,11H2,1-3H3. The van der Waals surface area contributed by atoms with Crippen LogP contribution in [0.4, 0.5) is 5.69 Å². The fraction of sp³-hybridized carbons (Fsp3) is 0.211. The number of carbonyl (C=O) groups excluding carboxylic acids is 3. The molecule has 0 unspecified atom stereocenters. The minimum atomic E-state index is -0.553. The summed E-state index contributed by atoms with van der Waals surface area (Å²) < 4.78 is 10.4. The summed E-state index contributed by atoms with van der Waals surface area (Å²) in [5.41, 5.74) is 0.782. The molecule has 2 aromatic rings. The summed E-state index contributed by atoms with van der Waals surface area (Å²) in [6.45, 7) is -0.194. The van der Waals surface area contributed by atoms with Gasteiger partial charge >= 0.3 is 0 Å². The zero-order chi connectivity index (χ0) is 18.8. The van der Waals surface area contributed by atoms with E-state index in [1.54, 1.807) is 30.3 Å². The third-order valence-electron chi connectivity index (χ3n) is 4.15. The quantitative estimate of drug-likeness (QED) is 0.788. The highest BCUT2D eigenvalue weighted by molar-refractivity contribution is 6.25. The Hall–Kier alpha value is -3.35. The van der Waals surface area contributed by atoms with Crippen LogP contribution >= 0.6 is 0 Å². The van der Waals surface area contributed by atoms with E-state index in [0.29, 0.717) is 17.1 Å². The second kappa shape index (κ2) is 6.87. The SMILES string of the molecule is COc1cc(OC)cc(C(=O)N2C(=O)CN(C)C(=O)c3ccccc32)c1. The van der Waals surface area contributed by atoms with Crippen molar-refractivity contribution in [2.24, 2.45) is 0 Å². The van der Waals surface area contributed by atoms with Crippen LogP contribution < -0.4 is 14.4 Å². The number of likely N-dealkylation sites (N-methyl/N-ethyl adjacent to an activating group) is 1. The Labute approximate surface area is 150 Å². The second-order valence-electron chi connectivity index (χ2n) is 5.81. The summed E-state index contributed by atoms with van der Waals surface area (Å²) in [6.07, 6.45) is 0. The summed E-state index contributed by atoms with van der Waals surface area (Å²) in [5.74, 6) is -0.499. The van der Waals surface area contributed by atoms with Crippen molar-refractivity contribution in [2.45, 2.75) is 0 Å². The predicted octanol–water partition coefficient (Wildman–Crippen LogP) is 1.96. The molecule has 0 saturated carbocycles. The number of fused-ring (bicyclic) bond motifs is 1. The van der Waals surface area contributed by atoms with E-state index >= 15 is 0 Å². The number of imide groups is 1. The van der Waals surface area contributed by atoms with Gasteiger partial charge in [0.2, 0.25) is 0 Å². The zero-order valence-electron chi connectivity index (χ0n) is 14.7. The van der Waals surface area contributed by atoms with Crippen LogP contribution in [0.1, 0.15) is 20.7 Å². The summed E-state index contributed by atoms with van der Waals surface area (Å²) in [6, 6.07) is 11.2. The molecule has 26 heavy (non-hydrogen) atoms. The number of anilines is 1. The zero-order valence-corrected chi connectivity index (χ0v) is 14.7. The van der Waals surface area contributed by atoms with Crippen molar-refractivity contribution < 1.29 is 23.9 Å². The van der Waals surface area contributed by atoms with E-state index in [2.05, 4.69) is 0 Å². The lowest BCUT2D eigenvalue weighted by molar-refractivity contribution is -0.118. The Kier molecular flexibility index (Phi) is 4.62. The number of hydrogen-bond donors (Lipinski definition) is 0. The fourth-order valence-electron chi connectivity index (χ4n) is 2.82. The van der Waals surface area contributed by atoms with Gasteiger partial charge < -0.3 is 14.4 Å². The van der Waals surface area contributed by atoms with Gasteiger partial charge in [0.05, 0.1) is 25.5 Å². The Morgan fingerprint density at radius 3 is 2.23 bits per heavy atom. The number of amides is 3. The van der Waals surface area contributed by atoms with E-state index in [-0.39, 0.29) is 23.7 Å². The Morgan fingerprint density at radius 2 is 1.62 bits per heavy atom. The monoisotopic (exact) mass is 354 g/mol. The first kappa shape index (κ1) is 17.5. The number of para-hydroxylation sites is 1. The van der Waals surface area contributed by atoms with E-state index in [0.717, 1.165) is 4.90 Å². The van der Waals surface area contributed by atoms with Crippen molar-refractivity contribution in [3.8, 4) is 11.5 Å². The second-order valence-corrected chi connectivity index (χ2v) is 5.81. The molecule has 0 bridgehead atoms. The molecule has 7 nitrogen and oxygen atoms in total. The van der Waals surface area contributed by atoms with Gasteiger partial charge in [0, 0.05) is 18.7 Å². The first-order chi connectivity index (χ1) is 12.5. The van der Waals surface area contributed by atoms with Crippen LogP contribution in [0, 0.1) is 0 Å². The lowest BCUT2D eigenvalue weighted by Gasteiger charge is -2.21. The summed E-state index contributed by atoms with van der Waals surface area (Å²) >= 11 is 0. The maximum absolute atomic E-state index is 13.1. The van der Waals surface area contributed by atoms with Crippen LogP contribution in [-0.2, 0) is 4.79 Å². The summed E-state index contributed by atoms with van der Waals surface area (Å²) in [7, 11) is 4.48. The van der Waals surface area contributed by atoms with E-state index in [9.17, 15) is 14.4 Å². The van der Waals surface area contributed by atoms with Crippen molar-refractivity contribution in [3.05, 3.63) is 53.6 Å². The van der Waals surface area contributed by atoms with E-state index in [1.807, 2.05) is 0 Å². The van der Waals surface area contributed by atoms with Gasteiger partial charge in [-0.15, -0.1) is 0 Å². The van der Waals surface area contributed by atoms with Crippen LogP contribution in [0.25, 0.3) is 0 Å².